The van der Waals surface area contributed by atoms with Crippen LogP contribution in [0.1, 0.15) is 21.7 Å². The number of nitrogens with one attached hydrogen (secondary N) is 1. The minimum absolute atomic E-state index is 0.112. The smallest absolute Gasteiger partial charge is 0.276 e. The summed E-state index contributed by atoms with van der Waals surface area (Å²) in [6, 6.07) is 11.6. The molecule has 2 aromatic heterocycles. The molecule has 0 atom stereocenters. The van der Waals surface area contributed by atoms with Crippen LogP contribution in [-0.4, -0.2) is 34.5 Å². The highest BCUT2D eigenvalue weighted by Gasteiger charge is 2.22. The number of hydrogen-bond donors (Lipinski definition) is 1. The highest BCUT2D eigenvalue weighted by Crippen LogP contribution is 2.33. The molecule has 0 fully saturated rings. The highest BCUT2D eigenvalue weighted by molar-refractivity contribution is 6.04. The van der Waals surface area contributed by atoms with Crippen LogP contribution < -0.4 is 9.80 Å². The van der Waals surface area contributed by atoms with Crippen LogP contribution in [0.3, 0.4) is 0 Å². The van der Waals surface area contributed by atoms with Crippen molar-refractivity contribution in [1.82, 2.24) is 15.0 Å². The van der Waals surface area contributed by atoms with Gasteiger partial charge in [-0.1, -0.05) is 12.1 Å². The van der Waals surface area contributed by atoms with Gasteiger partial charge < -0.3 is 14.8 Å². The molecule has 0 spiro atoms. The van der Waals surface area contributed by atoms with E-state index >= 15 is 0 Å². The highest BCUT2D eigenvalue weighted by atomic mass is 16.2. The minimum atomic E-state index is -0.112. The molecule has 126 valence electrons. The Morgan fingerprint density at radius 2 is 2.24 bits per heavy atom. The number of H-pyrrole nitrogens is 1. The monoisotopic (exact) mass is 333 g/mol. The van der Waals surface area contributed by atoms with E-state index in [4.69, 9.17) is 0 Å². The van der Waals surface area contributed by atoms with E-state index in [-0.39, 0.29) is 5.91 Å². The Morgan fingerprint density at radius 1 is 1.32 bits per heavy atom. The Kier molecular flexibility index (Phi) is 3.93. The van der Waals surface area contributed by atoms with Gasteiger partial charge >= 0.3 is 0 Å². The van der Waals surface area contributed by atoms with E-state index < -0.39 is 0 Å². The summed E-state index contributed by atoms with van der Waals surface area (Å²) < 4.78 is 0. The molecular formula is C19H19N5O. The molecule has 0 saturated heterocycles. The van der Waals surface area contributed by atoms with Gasteiger partial charge in [-0.15, -0.1) is 0 Å². The number of benzene rings is 1. The van der Waals surface area contributed by atoms with Crippen LogP contribution in [0.15, 0.2) is 55.1 Å². The Labute approximate surface area is 146 Å². The zero-order chi connectivity index (χ0) is 17.2. The number of hydrogen-bond acceptors (Lipinski definition) is 4. The van der Waals surface area contributed by atoms with E-state index in [9.17, 15) is 4.79 Å². The van der Waals surface area contributed by atoms with Crippen molar-refractivity contribution in [1.29, 1.82) is 0 Å². The summed E-state index contributed by atoms with van der Waals surface area (Å²) in [6.07, 6.45) is 6.19. The van der Waals surface area contributed by atoms with Gasteiger partial charge in [0.25, 0.3) is 5.91 Å². The number of amides is 1. The SMILES string of the molecule is CN(C(=O)c1ccccn1)c1ccc2c(c1)N(Cc1cnc[nH]1)CC2. The van der Waals surface area contributed by atoms with Crippen molar-refractivity contribution in [3.63, 3.8) is 0 Å². The molecule has 1 aliphatic heterocycles. The van der Waals surface area contributed by atoms with Gasteiger partial charge in [-0.25, -0.2) is 4.98 Å². The molecule has 0 aliphatic carbocycles. The van der Waals surface area contributed by atoms with Crippen molar-refractivity contribution in [3.8, 4) is 0 Å². The number of carbonyl (C=O) groups is 1. The van der Waals surface area contributed by atoms with Crippen LogP contribution in [0.25, 0.3) is 0 Å². The number of carbonyl (C=O) groups excluding carboxylic acids is 1. The van der Waals surface area contributed by atoms with Gasteiger partial charge in [0.05, 0.1) is 18.6 Å². The average molecular weight is 333 g/mol. The van der Waals surface area contributed by atoms with E-state index in [0.29, 0.717) is 5.69 Å². The van der Waals surface area contributed by atoms with Crippen molar-refractivity contribution < 1.29 is 4.79 Å². The number of fused-ring (bicyclic) bond motifs is 1. The molecule has 3 aromatic rings. The Hall–Kier alpha value is -3.15. The molecule has 0 radical (unpaired) electrons. The maximum atomic E-state index is 12.6. The van der Waals surface area contributed by atoms with Crippen LogP contribution in [0.4, 0.5) is 11.4 Å². The topological polar surface area (TPSA) is 65.1 Å². The number of nitrogens with zero attached hydrogens (tertiary/aromatic N) is 4. The Balaban J connectivity index is 1.59. The molecule has 4 rings (SSSR count). The van der Waals surface area contributed by atoms with Crippen molar-refractivity contribution in [2.75, 3.05) is 23.4 Å². The second-order valence-electron chi connectivity index (χ2n) is 6.14. The quantitative estimate of drug-likeness (QED) is 0.797. The third-order valence-corrected chi connectivity index (χ3v) is 4.55. The Morgan fingerprint density at radius 3 is 3.00 bits per heavy atom. The summed E-state index contributed by atoms with van der Waals surface area (Å²) in [6.45, 7) is 1.75. The van der Waals surface area contributed by atoms with Gasteiger partial charge in [-0.2, -0.15) is 0 Å². The fraction of sp³-hybridized carbons (Fsp3) is 0.211. The number of imidazole rings is 1. The summed E-state index contributed by atoms with van der Waals surface area (Å²) in [5.41, 5.74) is 4.87. The summed E-state index contributed by atoms with van der Waals surface area (Å²) in [4.78, 5) is 28.0. The van der Waals surface area contributed by atoms with Crippen LogP contribution in [0.2, 0.25) is 0 Å². The molecule has 1 N–H and O–H groups in total. The number of aromatic nitrogens is 3. The first kappa shape index (κ1) is 15.4. The molecule has 6 heteroatoms. The molecule has 3 heterocycles. The van der Waals surface area contributed by atoms with Gasteiger partial charge in [-0.05, 0) is 36.2 Å². The van der Waals surface area contributed by atoms with Gasteiger partial charge in [0, 0.05) is 37.4 Å². The molecule has 0 bridgehead atoms. The van der Waals surface area contributed by atoms with E-state index in [2.05, 4.69) is 32.0 Å². The third-order valence-electron chi connectivity index (χ3n) is 4.55. The van der Waals surface area contributed by atoms with Crippen LogP contribution >= 0.6 is 0 Å². The molecule has 1 aliphatic rings. The number of pyridine rings is 1. The molecule has 0 saturated carbocycles. The molecule has 25 heavy (non-hydrogen) atoms. The van der Waals surface area contributed by atoms with Gasteiger partial charge in [-0.3, -0.25) is 9.78 Å². The largest absolute Gasteiger partial charge is 0.365 e. The second-order valence-corrected chi connectivity index (χ2v) is 6.14. The normalized spacial score (nSPS) is 12.9. The summed E-state index contributed by atoms with van der Waals surface area (Å²) in [7, 11) is 1.78. The maximum absolute atomic E-state index is 12.6. The van der Waals surface area contributed by atoms with Crippen LogP contribution in [-0.2, 0) is 13.0 Å². The summed E-state index contributed by atoms with van der Waals surface area (Å²) >= 11 is 0. The lowest BCUT2D eigenvalue weighted by molar-refractivity contribution is 0.0988. The predicted molar refractivity (Wildman–Crippen MR) is 96.8 cm³/mol. The summed E-state index contributed by atoms with van der Waals surface area (Å²) in [5, 5.41) is 0. The van der Waals surface area contributed by atoms with Crippen molar-refractivity contribution in [2.45, 2.75) is 13.0 Å². The van der Waals surface area contributed by atoms with E-state index in [0.717, 1.165) is 30.9 Å². The first-order valence-corrected chi connectivity index (χ1v) is 8.26. The lowest BCUT2D eigenvalue weighted by Gasteiger charge is -2.22. The standard InChI is InChI=1S/C19H19N5O/c1-23(19(25)17-4-2-3-8-21-17)16-6-5-14-7-9-24(18(14)10-16)12-15-11-20-13-22-15/h2-6,8,10-11,13H,7,9,12H2,1H3,(H,20,22). The van der Waals surface area contributed by atoms with Crippen molar-refractivity contribution >= 4 is 17.3 Å². The fourth-order valence-electron chi connectivity index (χ4n) is 3.16. The first-order chi connectivity index (χ1) is 12.2. The van der Waals surface area contributed by atoms with Crippen molar-refractivity contribution in [2.24, 2.45) is 0 Å². The number of aromatic amines is 1. The average Bonchev–Trinajstić information content (AvgIpc) is 3.31. The molecule has 6 nitrogen and oxygen atoms in total. The lowest BCUT2D eigenvalue weighted by Crippen LogP contribution is -2.27. The maximum Gasteiger partial charge on any atom is 0.276 e. The molecule has 1 amide bonds. The summed E-state index contributed by atoms with van der Waals surface area (Å²) in [5.74, 6) is -0.112. The van der Waals surface area contributed by atoms with Gasteiger partial charge in [0.2, 0.25) is 0 Å². The van der Waals surface area contributed by atoms with Crippen LogP contribution in [0.5, 0.6) is 0 Å². The predicted octanol–water partition coefficient (Wildman–Crippen LogP) is 2.64. The van der Waals surface area contributed by atoms with Gasteiger partial charge in [0.1, 0.15) is 5.69 Å². The molecule has 0 unspecified atom stereocenters. The van der Waals surface area contributed by atoms with E-state index in [1.165, 1.54) is 11.3 Å². The first-order valence-electron chi connectivity index (χ1n) is 8.26. The number of anilines is 2. The molecular weight excluding hydrogens is 314 g/mol. The second kappa shape index (κ2) is 6.39. The fourth-order valence-corrected chi connectivity index (χ4v) is 3.16. The van der Waals surface area contributed by atoms with Gasteiger partial charge in [0.15, 0.2) is 0 Å². The van der Waals surface area contributed by atoms with E-state index in [1.54, 1.807) is 36.6 Å². The zero-order valence-corrected chi connectivity index (χ0v) is 14.0. The van der Waals surface area contributed by atoms with Crippen molar-refractivity contribution in [3.05, 3.63) is 72.1 Å². The molecule has 1 aromatic carbocycles. The van der Waals surface area contributed by atoms with Crippen LogP contribution in [0, 0.1) is 0 Å². The minimum Gasteiger partial charge on any atom is -0.365 e. The third kappa shape index (κ3) is 2.98. The zero-order valence-electron chi connectivity index (χ0n) is 14.0. The number of rotatable bonds is 4. The Bertz CT molecular complexity index is 876. The lowest BCUT2D eigenvalue weighted by atomic mass is 10.1. The van der Waals surface area contributed by atoms with E-state index in [1.807, 2.05) is 18.3 Å².